The van der Waals surface area contributed by atoms with Gasteiger partial charge in [-0.25, -0.2) is 0 Å². The number of nitrogens with one attached hydrogen (secondary N) is 1. The van der Waals surface area contributed by atoms with Crippen molar-refractivity contribution >= 4 is 11.8 Å². The highest BCUT2D eigenvalue weighted by Gasteiger charge is 2.25. The number of hydrogen-bond acceptors (Lipinski definition) is 6. The van der Waals surface area contributed by atoms with E-state index in [0.29, 0.717) is 31.0 Å². The number of ether oxygens (including phenoxy) is 2. The van der Waals surface area contributed by atoms with E-state index >= 15 is 0 Å². The van der Waals surface area contributed by atoms with Crippen LogP contribution in [0.1, 0.15) is 35.4 Å². The van der Waals surface area contributed by atoms with Crippen molar-refractivity contribution in [1.29, 1.82) is 0 Å². The number of morpholine rings is 1. The lowest BCUT2D eigenvalue weighted by molar-refractivity contribution is -0.121. The predicted molar refractivity (Wildman–Crippen MR) is 103 cm³/mol. The first-order valence-corrected chi connectivity index (χ1v) is 10.2. The molecule has 0 aromatic carbocycles. The van der Waals surface area contributed by atoms with Crippen molar-refractivity contribution in [2.75, 3.05) is 59.1 Å². The van der Waals surface area contributed by atoms with Gasteiger partial charge in [-0.1, -0.05) is 0 Å². The average Bonchev–Trinajstić information content (AvgIpc) is 3.37. The minimum Gasteiger partial charge on any atom is -0.469 e. The second kappa shape index (κ2) is 10.6. The maximum absolute atomic E-state index is 12.9. The van der Waals surface area contributed by atoms with E-state index in [2.05, 4.69) is 10.2 Å². The van der Waals surface area contributed by atoms with Gasteiger partial charge in [0.15, 0.2) is 0 Å². The Labute approximate surface area is 166 Å². The lowest BCUT2D eigenvalue weighted by Crippen LogP contribution is -2.42. The zero-order chi connectivity index (χ0) is 19.8. The summed E-state index contributed by atoms with van der Waals surface area (Å²) in [7, 11) is 0. The second-order valence-electron chi connectivity index (χ2n) is 7.33. The predicted octanol–water partition coefficient (Wildman–Crippen LogP) is 1.05. The van der Waals surface area contributed by atoms with E-state index in [1.54, 1.807) is 17.9 Å². The Kier molecular flexibility index (Phi) is 7.88. The van der Waals surface area contributed by atoms with Crippen LogP contribution in [0.5, 0.6) is 0 Å². The molecule has 0 spiro atoms. The first-order valence-electron chi connectivity index (χ1n) is 10.2. The van der Waals surface area contributed by atoms with Crippen LogP contribution >= 0.6 is 0 Å². The smallest absolute Gasteiger partial charge is 0.257 e. The molecule has 156 valence electrons. The van der Waals surface area contributed by atoms with Gasteiger partial charge in [0.25, 0.3) is 5.91 Å². The summed E-state index contributed by atoms with van der Waals surface area (Å²) in [6, 6.07) is 1.68. The third kappa shape index (κ3) is 6.05. The normalized spacial score (nSPS) is 20.2. The lowest BCUT2D eigenvalue weighted by atomic mass is 10.1. The number of nitrogens with zero attached hydrogens (tertiary/aromatic N) is 2. The minimum absolute atomic E-state index is 0.0395. The summed E-state index contributed by atoms with van der Waals surface area (Å²) >= 11 is 0. The number of rotatable bonds is 9. The molecule has 0 radical (unpaired) electrons. The Hall–Kier alpha value is -1.90. The van der Waals surface area contributed by atoms with Crippen LogP contribution in [0.25, 0.3) is 0 Å². The fourth-order valence-corrected chi connectivity index (χ4v) is 3.59. The molecule has 0 aliphatic carbocycles. The number of aryl methyl sites for hydroxylation is 1. The summed E-state index contributed by atoms with van der Waals surface area (Å²) in [6.45, 7) is 8.13. The zero-order valence-corrected chi connectivity index (χ0v) is 16.7. The van der Waals surface area contributed by atoms with Crippen LogP contribution < -0.4 is 5.32 Å². The van der Waals surface area contributed by atoms with Crippen LogP contribution in [0.2, 0.25) is 0 Å². The quantitative estimate of drug-likeness (QED) is 0.675. The molecule has 1 unspecified atom stereocenters. The van der Waals surface area contributed by atoms with Gasteiger partial charge in [-0.05, 0) is 25.8 Å². The summed E-state index contributed by atoms with van der Waals surface area (Å²) in [5.41, 5.74) is 0.547. The molecule has 2 fully saturated rings. The molecule has 3 rings (SSSR count). The summed E-state index contributed by atoms with van der Waals surface area (Å²) in [6.07, 6.45) is 3.80. The van der Waals surface area contributed by atoms with Crippen LogP contribution in [-0.4, -0.2) is 86.8 Å². The van der Waals surface area contributed by atoms with Crippen molar-refractivity contribution in [3.63, 3.8) is 0 Å². The van der Waals surface area contributed by atoms with E-state index in [1.807, 2.05) is 0 Å². The molecule has 2 saturated heterocycles. The van der Waals surface area contributed by atoms with E-state index in [0.717, 1.165) is 52.3 Å². The van der Waals surface area contributed by atoms with Gasteiger partial charge in [0.1, 0.15) is 5.76 Å². The van der Waals surface area contributed by atoms with Crippen molar-refractivity contribution in [3.8, 4) is 0 Å². The Morgan fingerprint density at radius 1 is 1.29 bits per heavy atom. The van der Waals surface area contributed by atoms with E-state index in [1.165, 1.54) is 6.26 Å². The Balaban J connectivity index is 1.46. The number of carbonyl (C=O) groups is 2. The third-order valence-electron chi connectivity index (χ3n) is 5.29. The first kappa shape index (κ1) is 20.8. The van der Waals surface area contributed by atoms with Gasteiger partial charge in [-0.2, -0.15) is 0 Å². The highest BCUT2D eigenvalue weighted by molar-refractivity contribution is 5.95. The Morgan fingerprint density at radius 3 is 2.79 bits per heavy atom. The molecule has 8 nitrogen and oxygen atoms in total. The molecule has 1 aromatic heterocycles. The van der Waals surface area contributed by atoms with Gasteiger partial charge in [0, 0.05) is 52.3 Å². The van der Waals surface area contributed by atoms with Gasteiger partial charge in [-0.15, -0.1) is 0 Å². The second-order valence-corrected chi connectivity index (χ2v) is 7.33. The average molecular weight is 393 g/mol. The van der Waals surface area contributed by atoms with Gasteiger partial charge < -0.3 is 24.1 Å². The molecule has 2 amide bonds. The molecule has 2 aliphatic rings. The zero-order valence-electron chi connectivity index (χ0n) is 16.7. The van der Waals surface area contributed by atoms with Crippen LogP contribution in [0.4, 0.5) is 0 Å². The summed E-state index contributed by atoms with van der Waals surface area (Å²) in [4.78, 5) is 29.2. The van der Waals surface area contributed by atoms with Gasteiger partial charge in [0.05, 0.1) is 31.1 Å². The molecule has 1 atom stereocenters. The van der Waals surface area contributed by atoms with Crippen LogP contribution in [0.15, 0.2) is 16.7 Å². The van der Waals surface area contributed by atoms with Crippen molar-refractivity contribution < 1.29 is 23.5 Å². The molecule has 3 heterocycles. The topological polar surface area (TPSA) is 84.3 Å². The summed E-state index contributed by atoms with van der Waals surface area (Å²) in [5.74, 6) is 0.447. The Morgan fingerprint density at radius 2 is 2.11 bits per heavy atom. The fraction of sp³-hybridized carbons (Fsp3) is 0.700. The number of amides is 2. The largest absolute Gasteiger partial charge is 0.469 e. The van der Waals surface area contributed by atoms with Crippen molar-refractivity contribution in [1.82, 2.24) is 15.1 Å². The molecule has 0 saturated carbocycles. The molecular weight excluding hydrogens is 362 g/mol. The molecule has 1 N–H and O–H groups in total. The Bertz CT molecular complexity index is 636. The van der Waals surface area contributed by atoms with Crippen LogP contribution in [0.3, 0.4) is 0 Å². The van der Waals surface area contributed by atoms with E-state index in [9.17, 15) is 9.59 Å². The standard InChI is InChI=1S/C20H31N3O5/c1-16-18(5-12-27-16)20(25)23(15-17-3-2-11-28-17)7-4-19(24)21-6-8-22-9-13-26-14-10-22/h5,12,17H,2-4,6-11,13-15H2,1H3,(H,21,24). The van der Waals surface area contributed by atoms with Gasteiger partial charge in [-0.3, -0.25) is 14.5 Å². The van der Waals surface area contributed by atoms with E-state index in [4.69, 9.17) is 13.9 Å². The molecule has 1 aromatic rings. The van der Waals surface area contributed by atoms with Crippen molar-refractivity contribution in [3.05, 3.63) is 23.7 Å². The van der Waals surface area contributed by atoms with Gasteiger partial charge in [0.2, 0.25) is 5.91 Å². The number of carbonyl (C=O) groups excluding carboxylic acids is 2. The van der Waals surface area contributed by atoms with E-state index < -0.39 is 0 Å². The van der Waals surface area contributed by atoms with E-state index in [-0.39, 0.29) is 24.3 Å². The highest BCUT2D eigenvalue weighted by atomic mass is 16.5. The number of hydrogen-bond donors (Lipinski definition) is 1. The first-order chi connectivity index (χ1) is 13.6. The third-order valence-corrected chi connectivity index (χ3v) is 5.29. The molecular formula is C20H31N3O5. The minimum atomic E-state index is -0.108. The molecule has 0 bridgehead atoms. The molecule has 28 heavy (non-hydrogen) atoms. The van der Waals surface area contributed by atoms with Crippen LogP contribution in [-0.2, 0) is 14.3 Å². The van der Waals surface area contributed by atoms with Gasteiger partial charge >= 0.3 is 0 Å². The molecule has 8 heteroatoms. The fourth-order valence-electron chi connectivity index (χ4n) is 3.59. The molecule has 2 aliphatic heterocycles. The monoisotopic (exact) mass is 393 g/mol. The SMILES string of the molecule is Cc1occc1C(=O)N(CCC(=O)NCCN1CCOCC1)CC1CCCO1. The summed E-state index contributed by atoms with van der Waals surface area (Å²) in [5, 5.41) is 2.95. The maximum atomic E-state index is 12.9. The van der Waals surface area contributed by atoms with Crippen molar-refractivity contribution in [2.45, 2.75) is 32.3 Å². The van der Waals surface area contributed by atoms with Crippen molar-refractivity contribution in [2.24, 2.45) is 0 Å². The highest BCUT2D eigenvalue weighted by Crippen LogP contribution is 2.17. The maximum Gasteiger partial charge on any atom is 0.257 e. The summed E-state index contributed by atoms with van der Waals surface area (Å²) < 4.78 is 16.3. The van der Waals surface area contributed by atoms with Crippen LogP contribution in [0, 0.1) is 6.92 Å². The lowest BCUT2D eigenvalue weighted by Gasteiger charge is -2.27. The number of furan rings is 1.